The van der Waals surface area contributed by atoms with Crippen LogP contribution in [0.2, 0.25) is 0 Å². The summed E-state index contributed by atoms with van der Waals surface area (Å²) in [6, 6.07) is 11.5. The minimum atomic E-state index is -0.433. The lowest BCUT2D eigenvalue weighted by Gasteiger charge is -2.05. The van der Waals surface area contributed by atoms with E-state index in [1.54, 1.807) is 24.4 Å². The Bertz CT molecular complexity index is 946. The van der Waals surface area contributed by atoms with Crippen LogP contribution < -0.4 is 4.74 Å². The molecule has 0 aliphatic rings. The molecule has 0 fully saturated rings. The van der Waals surface area contributed by atoms with Crippen LogP contribution in [0.25, 0.3) is 11.1 Å². The van der Waals surface area contributed by atoms with E-state index in [9.17, 15) is 18.4 Å². The summed E-state index contributed by atoms with van der Waals surface area (Å²) in [7, 11) is 1.52. The summed E-state index contributed by atoms with van der Waals surface area (Å²) in [5, 5.41) is 0. The number of pyridine rings is 1. The molecule has 0 bridgehead atoms. The SMILES string of the molecule is COc1ccc(-c2ccc(F)cc2C=O)cn1.O=Cc1cc(F)ccc1Br. The van der Waals surface area contributed by atoms with Crippen LogP contribution in [0, 0.1) is 11.6 Å². The lowest BCUT2D eigenvalue weighted by molar-refractivity contribution is 0.111. The highest BCUT2D eigenvalue weighted by Gasteiger charge is 2.06. The van der Waals surface area contributed by atoms with Gasteiger partial charge in [0.15, 0.2) is 12.6 Å². The first kappa shape index (κ1) is 20.4. The summed E-state index contributed by atoms with van der Waals surface area (Å²) in [4.78, 5) is 25.1. The van der Waals surface area contributed by atoms with Gasteiger partial charge in [-0.15, -0.1) is 0 Å². The largest absolute Gasteiger partial charge is 0.481 e. The lowest BCUT2D eigenvalue weighted by atomic mass is 10.0. The first-order valence-electron chi connectivity index (χ1n) is 7.64. The van der Waals surface area contributed by atoms with E-state index in [-0.39, 0.29) is 0 Å². The van der Waals surface area contributed by atoms with E-state index in [0.717, 1.165) is 5.56 Å². The minimum Gasteiger partial charge on any atom is -0.481 e. The quantitative estimate of drug-likeness (QED) is 0.536. The second-order valence-electron chi connectivity index (χ2n) is 5.22. The maximum Gasteiger partial charge on any atom is 0.212 e. The van der Waals surface area contributed by atoms with Crippen LogP contribution in [-0.2, 0) is 0 Å². The van der Waals surface area contributed by atoms with Crippen molar-refractivity contribution in [1.29, 1.82) is 0 Å². The van der Waals surface area contributed by atoms with Crippen molar-refractivity contribution in [3.8, 4) is 17.0 Å². The van der Waals surface area contributed by atoms with E-state index < -0.39 is 11.6 Å². The van der Waals surface area contributed by atoms with Crippen molar-refractivity contribution in [2.45, 2.75) is 0 Å². The Balaban J connectivity index is 0.000000223. The van der Waals surface area contributed by atoms with Gasteiger partial charge in [-0.2, -0.15) is 0 Å². The van der Waals surface area contributed by atoms with Gasteiger partial charge in [0.25, 0.3) is 0 Å². The molecule has 0 atom stereocenters. The van der Waals surface area contributed by atoms with E-state index in [4.69, 9.17) is 4.74 Å². The van der Waals surface area contributed by atoms with Gasteiger partial charge in [0.05, 0.1) is 7.11 Å². The van der Waals surface area contributed by atoms with Gasteiger partial charge in [-0.1, -0.05) is 22.0 Å². The van der Waals surface area contributed by atoms with Gasteiger partial charge in [-0.25, -0.2) is 13.8 Å². The van der Waals surface area contributed by atoms with Crippen molar-refractivity contribution < 1.29 is 23.1 Å². The molecule has 0 N–H and O–H groups in total. The van der Waals surface area contributed by atoms with Gasteiger partial charge < -0.3 is 4.74 Å². The topological polar surface area (TPSA) is 56.3 Å². The number of carbonyl (C=O) groups excluding carboxylic acids is 2. The lowest BCUT2D eigenvalue weighted by Crippen LogP contribution is -1.91. The molecule has 1 heterocycles. The number of aromatic nitrogens is 1. The van der Waals surface area contributed by atoms with Gasteiger partial charge in [0.2, 0.25) is 5.88 Å². The van der Waals surface area contributed by atoms with Crippen LogP contribution in [0.5, 0.6) is 5.88 Å². The highest BCUT2D eigenvalue weighted by molar-refractivity contribution is 9.10. The minimum absolute atomic E-state index is 0.303. The number of hydrogen-bond donors (Lipinski definition) is 0. The van der Waals surface area contributed by atoms with E-state index in [1.165, 1.54) is 37.4 Å². The molecule has 0 aliphatic heterocycles. The Morgan fingerprint density at radius 3 is 2.07 bits per heavy atom. The van der Waals surface area contributed by atoms with E-state index in [1.807, 2.05) is 0 Å². The molecule has 0 radical (unpaired) electrons. The van der Waals surface area contributed by atoms with Gasteiger partial charge in [-0.05, 0) is 42.0 Å². The molecule has 0 spiro atoms. The molecule has 0 amide bonds. The van der Waals surface area contributed by atoms with Crippen molar-refractivity contribution in [2.75, 3.05) is 7.11 Å². The molecule has 27 heavy (non-hydrogen) atoms. The highest BCUT2D eigenvalue weighted by atomic mass is 79.9. The number of benzene rings is 2. The Kier molecular flexibility index (Phi) is 7.31. The Labute approximate surface area is 163 Å². The van der Waals surface area contributed by atoms with Gasteiger partial charge in [0, 0.05) is 33.4 Å². The summed E-state index contributed by atoms with van der Waals surface area (Å²) in [6.07, 6.45) is 2.81. The van der Waals surface area contributed by atoms with Gasteiger partial charge in [0.1, 0.15) is 11.6 Å². The predicted octanol–water partition coefficient (Wildman–Crippen LogP) is 5.11. The molecule has 4 nitrogen and oxygen atoms in total. The first-order valence-corrected chi connectivity index (χ1v) is 8.43. The van der Waals surface area contributed by atoms with Crippen LogP contribution in [-0.4, -0.2) is 24.7 Å². The van der Waals surface area contributed by atoms with Gasteiger partial charge >= 0.3 is 0 Å². The zero-order chi connectivity index (χ0) is 19.8. The molecule has 3 rings (SSSR count). The number of methoxy groups -OCH3 is 1. The Morgan fingerprint density at radius 2 is 1.56 bits per heavy atom. The number of carbonyl (C=O) groups is 2. The first-order chi connectivity index (χ1) is 13.0. The number of hydrogen-bond acceptors (Lipinski definition) is 4. The predicted molar refractivity (Wildman–Crippen MR) is 101 cm³/mol. The van der Waals surface area contributed by atoms with Crippen molar-refractivity contribution in [3.05, 3.63) is 82.0 Å². The normalized spacial score (nSPS) is 9.78. The average molecular weight is 434 g/mol. The molecular formula is C20H14BrF2NO3. The van der Waals surface area contributed by atoms with E-state index in [0.29, 0.717) is 39.6 Å². The third kappa shape index (κ3) is 5.52. The fourth-order valence-electron chi connectivity index (χ4n) is 2.16. The zero-order valence-electron chi connectivity index (χ0n) is 14.2. The third-order valence-electron chi connectivity index (χ3n) is 3.48. The molecule has 0 saturated carbocycles. The number of ether oxygens (including phenoxy) is 1. The molecule has 0 unspecified atom stereocenters. The van der Waals surface area contributed by atoms with Crippen LogP contribution in [0.15, 0.2) is 59.2 Å². The summed E-state index contributed by atoms with van der Waals surface area (Å²) in [5.74, 6) is -0.342. The number of halogens is 3. The smallest absolute Gasteiger partial charge is 0.212 e. The molecule has 138 valence electrons. The molecule has 3 aromatic rings. The third-order valence-corrected chi connectivity index (χ3v) is 4.20. The van der Waals surface area contributed by atoms with Crippen LogP contribution in [0.3, 0.4) is 0 Å². The zero-order valence-corrected chi connectivity index (χ0v) is 15.7. The molecule has 0 saturated heterocycles. The second-order valence-corrected chi connectivity index (χ2v) is 6.08. The molecule has 1 aromatic heterocycles. The monoisotopic (exact) mass is 433 g/mol. The standard InChI is InChI=1S/C13H10FNO2.C7H4BrFO/c1-17-13-5-2-9(7-15-13)12-4-3-11(14)6-10(12)8-16;8-7-2-1-6(9)3-5(7)4-10/h2-8H,1H3;1-4H. The number of rotatable bonds is 4. The fourth-order valence-corrected chi connectivity index (χ4v) is 2.50. The van der Waals surface area contributed by atoms with Crippen molar-refractivity contribution in [2.24, 2.45) is 0 Å². The van der Waals surface area contributed by atoms with Crippen molar-refractivity contribution in [1.82, 2.24) is 4.98 Å². The van der Waals surface area contributed by atoms with Crippen LogP contribution >= 0.6 is 15.9 Å². The van der Waals surface area contributed by atoms with E-state index in [2.05, 4.69) is 20.9 Å². The van der Waals surface area contributed by atoms with Crippen LogP contribution in [0.1, 0.15) is 20.7 Å². The molecular weight excluding hydrogens is 420 g/mol. The van der Waals surface area contributed by atoms with Crippen molar-refractivity contribution >= 4 is 28.5 Å². The summed E-state index contributed by atoms with van der Waals surface area (Å²) in [6.45, 7) is 0. The Morgan fingerprint density at radius 1 is 0.926 bits per heavy atom. The van der Waals surface area contributed by atoms with Gasteiger partial charge in [-0.3, -0.25) is 9.59 Å². The highest BCUT2D eigenvalue weighted by Crippen LogP contribution is 2.24. The van der Waals surface area contributed by atoms with Crippen molar-refractivity contribution in [3.63, 3.8) is 0 Å². The summed E-state index contributed by atoms with van der Waals surface area (Å²) in [5.41, 5.74) is 2.03. The Hall–Kier alpha value is -2.93. The molecule has 2 aromatic carbocycles. The summed E-state index contributed by atoms with van der Waals surface area (Å²) >= 11 is 3.09. The maximum atomic E-state index is 13.0. The molecule has 7 heteroatoms. The molecule has 0 aliphatic carbocycles. The van der Waals surface area contributed by atoms with E-state index >= 15 is 0 Å². The number of nitrogens with zero attached hydrogens (tertiary/aromatic N) is 1. The maximum absolute atomic E-state index is 13.0. The summed E-state index contributed by atoms with van der Waals surface area (Å²) < 4.78 is 30.9. The average Bonchev–Trinajstić information content (AvgIpc) is 2.70. The second kappa shape index (κ2) is 9.68. The van der Waals surface area contributed by atoms with Crippen LogP contribution in [0.4, 0.5) is 8.78 Å². The fraction of sp³-hybridized carbons (Fsp3) is 0.0500. The number of aldehydes is 2.